The molecule has 0 aromatic carbocycles. The lowest BCUT2D eigenvalue weighted by Crippen LogP contribution is -2.40. The van der Waals surface area contributed by atoms with Gasteiger partial charge in [0.25, 0.3) is 0 Å². The molecule has 0 saturated heterocycles. The van der Waals surface area contributed by atoms with E-state index in [1.807, 2.05) is 13.2 Å². The van der Waals surface area contributed by atoms with Crippen LogP contribution in [0.4, 0.5) is 0 Å². The Balaban J connectivity index is 2.11. The van der Waals surface area contributed by atoms with Gasteiger partial charge in [0.15, 0.2) is 0 Å². The maximum atomic E-state index is 9.89. The van der Waals surface area contributed by atoms with Crippen LogP contribution in [-0.2, 0) is 6.42 Å². The van der Waals surface area contributed by atoms with E-state index in [1.165, 1.54) is 5.56 Å². The van der Waals surface area contributed by atoms with Gasteiger partial charge in [-0.1, -0.05) is 0 Å². The van der Waals surface area contributed by atoms with Crippen molar-refractivity contribution in [1.82, 2.24) is 5.32 Å². The predicted molar refractivity (Wildman–Crippen MR) is 69.9 cm³/mol. The lowest BCUT2D eigenvalue weighted by molar-refractivity contribution is 0.0852. The predicted octanol–water partition coefficient (Wildman–Crippen LogP) is 1.99. The van der Waals surface area contributed by atoms with Crippen LogP contribution in [0.3, 0.4) is 0 Å². The molecule has 0 spiro atoms. The van der Waals surface area contributed by atoms with Gasteiger partial charge >= 0.3 is 0 Å². The molecule has 2 nitrogen and oxygen atoms in total. The lowest BCUT2D eigenvalue weighted by Gasteiger charge is -2.22. The Bertz CT molecular complexity index is 260. The van der Waals surface area contributed by atoms with Crippen molar-refractivity contribution in [3.05, 3.63) is 22.4 Å². The third-order valence-electron chi connectivity index (χ3n) is 2.13. The number of nitrogens with one attached hydrogen (secondary N) is 1. The van der Waals surface area contributed by atoms with Crippen LogP contribution in [0.5, 0.6) is 0 Å². The molecule has 1 rings (SSSR count). The van der Waals surface area contributed by atoms with Gasteiger partial charge in [0.2, 0.25) is 0 Å². The van der Waals surface area contributed by atoms with Crippen molar-refractivity contribution in [2.75, 3.05) is 25.1 Å². The summed E-state index contributed by atoms with van der Waals surface area (Å²) in [4.78, 5) is 0. The van der Waals surface area contributed by atoms with Gasteiger partial charge in [0.1, 0.15) is 0 Å². The van der Waals surface area contributed by atoms with Crippen molar-refractivity contribution in [3.63, 3.8) is 0 Å². The van der Waals surface area contributed by atoms with Gasteiger partial charge in [-0.05, 0) is 48.5 Å². The summed E-state index contributed by atoms with van der Waals surface area (Å²) in [6, 6.07) is 2.15. The smallest absolute Gasteiger partial charge is 0.0833 e. The molecule has 2 N–H and O–H groups in total. The van der Waals surface area contributed by atoms with Crippen molar-refractivity contribution >= 4 is 23.1 Å². The van der Waals surface area contributed by atoms with Crippen molar-refractivity contribution in [3.8, 4) is 0 Å². The fraction of sp³-hybridized carbons (Fsp3) is 0.636. The molecule has 1 unspecified atom stereocenters. The molecule has 0 aliphatic heterocycles. The topological polar surface area (TPSA) is 32.3 Å². The fourth-order valence-electron chi connectivity index (χ4n) is 1.39. The molecular formula is C11H19NOS2. The van der Waals surface area contributed by atoms with Gasteiger partial charge in [0.05, 0.1) is 5.60 Å². The molecule has 0 aliphatic rings. The quantitative estimate of drug-likeness (QED) is 0.721. The zero-order valence-corrected chi connectivity index (χ0v) is 11.0. The van der Waals surface area contributed by atoms with Gasteiger partial charge in [-0.25, -0.2) is 0 Å². The van der Waals surface area contributed by atoms with E-state index in [0.717, 1.165) is 18.7 Å². The van der Waals surface area contributed by atoms with E-state index in [-0.39, 0.29) is 0 Å². The van der Waals surface area contributed by atoms with Gasteiger partial charge in [0, 0.05) is 12.3 Å². The Kier molecular flexibility index (Phi) is 5.68. The van der Waals surface area contributed by atoms with E-state index in [0.29, 0.717) is 6.54 Å². The molecule has 4 heteroatoms. The summed E-state index contributed by atoms with van der Waals surface area (Å²) in [6.07, 6.45) is 3.05. The summed E-state index contributed by atoms with van der Waals surface area (Å²) >= 11 is 3.41. The highest BCUT2D eigenvalue weighted by atomic mass is 32.2. The highest BCUT2D eigenvalue weighted by molar-refractivity contribution is 7.98. The van der Waals surface area contributed by atoms with E-state index in [2.05, 4.69) is 22.1 Å². The average Bonchev–Trinajstić information content (AvgIpc) is 2.65. The largest absolute Gasteiger partial charge is 0.388 e. The Morgan fingerprint density at radius 3 is 3.00 bits per heavy atom. The Morgan fingerprint density at radius 1 is 1.60 bits per heavy atom. The van der Waals surface area contributed by atoms with Crippen LogP contribution in [-0.4, -0.2) is 35.8 Å². The van der Waals surface area contributed by atoms with E-state index < -0.39 is 5.60 Å². The van der Waals surface area contributed by atoms with Crippen LogP contribution in [0.15, 0.2) is 16.8 Å². The molecule has 1 atom stereocenters. The Labute approximate surface area is 100 Å². The summed E-state index contributed by atoms with van der Waals surface area (Å²) < 4.78 is 0. The second-order valence-corrected chi connectivity index (χ2v) is 5.63. The van der Waals surface area contributed by atoms with Gasteiger partial charge in [-0.3, -0.25) is 0 Å². The second kappa shape index (κ2) is 6.53. The first-order valence-electron chi connectivity index (χ1n) is 5.07. The number of hydrogen-bond donors (Lipinski definition) is 2. The van der Waals surface area contributed by atoms with Crippen LogP contribution in [0, 0.1) is 0 Å². The van der Waals surface area contributed by atoms with Gasteiger partial charge in [-0.2, -0.15) is 23.1 Å². The summed E-state index contributed by atoms with van der Waals surface area (Å²) in [5, 5.41) is 17.4. The minimum atomic E-state index is -0.589. The summed E-state index contributed by atoms with van der Waals surface area (Å²) in [7, 11) is 0. The zero-order chi connectivity index (χ0) is 11.1. The molecule has 0 bridgehead atoms. The van der Waals surface area contributed by atoms with E-state index in [9.17, 15) is 5.11 Å². The minimum absolute atomic E-state index is 0.589. The highest BCUT2D eigenvalue weighted by Gasteiger charge is 2.18. The fourth-order valence-corrected chi connectivity index (χ4v) is 2.81. The molecule has 0 radical (unpaired) electrons. The summed E-state index contributed by atoms with van der Waals surface area (Å²) in [6.45, 7) is 3.47. The molecule has 15 heavy (non-hydrogen) atoms. The van der Waals surface area contributed by atoms with Crippen LogP contribution in [0.25, 0.3) is 0 Å². The van der Waals surface area contributed by atoms with Crippen LogP contribution in [0.2, 0.25) is 0 Å². The summed E-state index contributed by atoms with van der Waals surface area (Å²) in [5.74, 6) is 0.776. The summed E-state index contributed by atoms with van der Waals surface area (Å²) in [5.41, 5.74) is 0.783. The van der Waals surface area contributed by atoms with E-state index in [4.69, 9.17) is 0 Å². The van der Waals surface area contributed by atoms with Crippen molar-refractivity contribution in [1.29, 1.82) is 0 Å². The van der Waals surface area contributed by atoms with E-state index >= 15 is 0 Å². The Hall–Kier alpha value is -0.0300. The first-order chi connectivity index (χ1) is 7.14. The van der Waals surface area contributed by atoms with Crippen molar-refractivity contribution in [2.45, 2.75) is 18.9 Å². The maximum Gasteiger partial charge on any atom is 0.0833 e. The first-order valence-corrected chi connectivity index (χ1v) is 7.41. The molecule has 0 fully saturated rings. The number of thioether (sulfide) groups is 1. The third-order valence-corrected chi connectivity index (χ3v) is 3.77. The van der Waals surface area contributed by atoms with Gasteiger partial charge < -0.3 is 10.4 Å². The number of rotatable bonds is 7. The molecule has 0 amide bonds. The van der Waals surface area contributed by atoms with Crippen LogP contribution >= 0.6 is 23.1 Å². The van der Waals surface area contributed by atoms with Gasteiger partial charge in [-0.15, -0.1) is 0 Å². The highest BCUT2D eigenvalue weighted by Crippen LogP contribution is 2.09. The molecule has 1 aromatic heterocycles. The van der Waals surface area contributed by atoms with Crippen LogP contribution < -0.4 is 5.32 Å². The molecule has 0 aliphatic carbocycles. The molecule has 1 aromatic rings. The lowest BCUT2D eigenvalue weighted by atomic mass is 10.1. The average molecular weight is 245 g/mol. The molecule has 86 valence electrons. The third kappa shape index (κ3) is 5.56. The van der Waals surface area contributed by atoms with E-state index in [1.54, 1.807) is 23.1 Å². The maximum absolute atomic E-state index is 9.89. The zero-order valence-electron chi connectivity index (χ0n) is 9.32. The van der Waals surface area contributed by atoms with Crippen LogP contribution in [0.1, 0.15) is 12.5 Å². The second-order valence-electron chi connectivity index (χ2n) is 3.99. The monoisotopic (exact) mass is 245 g/mol. The number of aliphatic hydroxyl groups is 1. The SMILES string of the molecule is CSCC(C)(O)CNCCc1ccsc1. The van der Waals surface area contributed by atoms with Crippen molar-refractivity contribution in [2.24, 2.45) is 0 Å². The normalized spacial score (nSPS) is 15.1. The standard InChI is InChI=1S/C11H19NOS2/c1-11(13,9-14-2)8-12-5-3-10-4-6-15-7-10/h4,6-7,12-13H,3,5,8-9H2,1-2H3. The van der Waals surface area contributed by atoms with Crippen molar-refractivity contribution < 1.29 is 5.11 Å². The molecule has 0 saturated carbocycles. The molecule has 1 heterocycles. The number of hydrogen-bond acceptors (Lipinski definition) is 4. The first kappa shape index (κ1) is 13.0. The minimum Gasteiger partial charge on any atom is -0.388 e. The molecular weight excluding hydrogens is 226 g/mol. The Morgan fingerprint density at radius 2 is 2.40 bits per heavy atom. The number of thiophene rings is 1.